The molecule has 4 rings (SSSR count). The molecule has 1 aliphatic heterocycles. The maximum Gasteiger partial charge on any atom is 0.258 e. The van der Waals surface area contributed by atoms with E-state index in [2.05, 4.69) is 5.32 Å². The average molecular weight is 540 g/mol. The molecule has 8 heteroatoms. The topological polar surface area (TPSA) is 69.7 Å². The van der Waals surface area contributed by atoms with E-state index in [0.717, 1.165) is 22.0 Å². The van der Waals surface area contributed by atoms with Gasteiger partial charge in [-0.2, -0.15) is 0 Å². The summed E-state index contributed by atoms with van der Waals surface area (Å²) in [6, 6.07) is 16.2. The number of halogens is 2. The Morgan fingerprint density at radius 3 is 2.43 bits per heavy atom. The van der Waals surface area contributed by atoms with Crippen LogP contribution in [0.2, 0.25) is 10.0 Å². The molecule has 0 saturated heterocycles. The van der Waals surface area contributed by atoms with E-state index in [1.54, 1.807) is 21.9 Å². The first-order chi connectivity index (χ1) is 17.7. The zero-order valence-corrected chi connectivity index (χ0v) is 22.8. The van der Waals surface area contributed by atoms with Crippen LogP contribution >= 0.6 is 23.2 Å². The quantitative estimate of drug-likeness (QED) is 0.332. The number of carbonyl (C=O) groups excluding carboxylic acids is 3. The van der Waals surface area contributed by atoms with Crippen LogP contribution in [0.1, 0.15) is 56.0 Å². The number of rotatable bonds is 10. The van der Waals surface area contributed by atoms with Gasteiger partial charge in [-0.05, 0) is 61.9 Å². The largest absolute Gasteiger partial charge is 0.352 e. The third-order valence-electron chi connectivity index (χ3n) is 6.58. The molecule has 0 saturated carbocycles. The maximum atomic E-state index is 13.5. The molecule has 0 bridgehead atoms. The van der Waals surface area contributed by atoms with Crippen molar-refractivity contribution < 1.29 is 14.4 Å². The summed E-state index contributed by atoms with van der Waals surface area (Å²) in [5, 5.41) is 5.74. The van der Waals surface area contributed by atoms with Crippen LogP contribution < -0.4 is 10.2 Å². The summed E-state index contributed by atoms with van der Waals surface area (Å²) in [6.45, 7) is 6.31. The Hall–Kier alpha value is -3.09. The van der Waals surface area contributed by atoms with Gasteiger partial charge in [-0.3, -0.25) is 14.4 Å². The van der Waals surface area contributed by atoms with Crippen molar-refractivity contribution in [2.24, 2.45) is 0 Å². The molecule has 0 fully saturated rings. The van der Waals surface area contributed by atoms with Crippen LogP contribution in [0.4, 0.5) is 5.69 Å². The second-order valence-electron chi connectivity index (χ2n) is 9.60. The van der Waals surface area contributed by atoms with Gasteiger partial charge in [-0.15, -0.1) is 0 Å². The Morgan fingerprint density at radius 1 is 1.03 bits per heavy atom. The van der Waals surface area contributed by atoms with Crippen LogP contribution in [0.3, 0.4) is 0 Å². The van der Waals surface area contributed by atoms with Gasteiger partial charge in [-0.1, -0.05) is 60.5 Å². The molecule has 0 spiro atoms. The van der Waals surface area contributed by atoms with Crippen LogP contribution in [-0.2, 0) is 16.1 Å². The number of hydrogen-bond acceptors (Lipinski definition) is 3. The SMILES string of the molecule is CC[C@@H](C(=O)NC(C)C)N(Cc1ccc(Cl)c(Cl)c1)C(=O)CCCN1C(=O)c2cccc3cccc1c23. The minimum Gasteiger partial charge on any atom is -0.352 e. The van der Waals surface area contributed by atoms with Gasteiger partial charge < -0.3 is 15.1 Å². The highest BCUT2D eigenvalue weighted by Gasteiger charge is 2.31. The Kier molecular flexibility index (Phi) is 8.40. The molecule has 1 heterocycles. The minimum absolute atomic E-state index is 0.0466. The third-order valence-corrected chi connectivity index (χ3v) is 7.31. The fourth-order valence-electron chi connectivity index (χ4n) is 4.87. The van der Waals surface area contributed by atoms with Gasteiger partial charge in [0.1, 0.15) is 6.04 Å². The van der Waals surface area contributed by atoms with Crippen molar-refractivity contribution in [1.82, 2.24) is 10.2 Å². The molecule has 1 atom stereocenters. The fourth-order valence-corrected chi connectivity index (χ4v) is 5.19. The molecule has 0 unspecified atom stereocenters. The lowest BCUT2D eigenvalue weighted by Gasteiger charge is -2.31. The molecular weight excluding hydrogens is 509 g/mol. The van der Waals surface area contributed by atoms with Gasteiger partial charge in [-0.25, -0.2) is 0 Å². The lowest BCUT2D eigenvalue weighted by Crippen LogP contribution is -2.50. The number of carbonyl (C=O) groups is 3. The van der Waals surface area contributed by atoms with Crippen LogP contribution in [0.25, 0.3) is 10.8 Å². The summed E-state index contributed by atoms with van der Waals surface area (Å²) in [7, 11) is 0. The zero-order chi connectivity index (χ0) is 26.7. The standard InChI is InChI=1S/C29H31Cl2N3O3/c1-4-24(28(36)32-18(2)3)34(17-19-13-14-22(30)23(31)16-19)26(35)12-7-15-33-25-11-6-9-20-8-5-10-21(27(20)25)29(33)37/h5-6,8-11,13-14,16,18,24H,4,7,12,15,17H2,1-3H3,(H,32,36)/t24-/m0/s1. The molecule has 1 N–H and O–H groups in total. The van der Waals surface area contributed by atoms with Crippen LogP contribution in [0.15, 0.2) is 54.6 Å². The summed E-state index contributed by atoms with van der Waals surface area (Å²) in [4.78, 5) is 43.0. The Morgan fingerprint density at radius 2 is 1.76 bits per heavy atom. The Bertz CT molecular complexity index is 1340. The number of amides is 3. The van der Waals surface area contributed by atoms with E-state index >= 15 is 0 Å². The molecule has 3 aromatic rings. The number of hydrogen-bond donors (Lipinski definition) is 1. The molecule has 1 aliphatic rings. The second kappa shape index (κ2) is 11.5. The van der Waals surface area contributed by atoms with Gasteiger partial charge in [0.25, 0.3) is 5.91 Å². The first kappa shape index (κ1) is 27.0. The van der Waals surface area contributed by atoms with Crippen LogP contribution in [-0.4, -0.2) is 41.2 Å². The lowest BCUT2D eigenvalue weighted by atomic mass is 10.1. The van der Waals surface area contributed by atoms with Crippen molar-refractivity contribution in [1.29, 1.82) is 0 Å². The fraction of sp³-hybridized carbons (Fsp3) is 0.345. The minimum atomic E-state index is -0.629. The van der Waals surface area contributed by atoms with Crippen molar-refractivity contribution in [3.63, 3.8) is 0 Å². The number of nitrogens with zero attached hydrogens (tertiary/aromatic N) is 2. The van der Waals surface area contributed by atoms with Crippen LogP contribution in [0, 0.1) is 0 Å². The summed E-state index contributed by atoms with van der Waals surface area (Å²) in [5.74, 6) is -0.392. The Balaban J connectivity index is 1.50. The van der Waals surface area contributed by atoms with Crippen molar-refractivity contribution in [2.75, 3.05) is 11.4 Å². The van der Waals surface area contributed by atoms with E-state index in [4.69, 9.17) is 23.2 Å². The highest BCUT2D eigenvalue weighted by Crippen LogP contribution is 2.37. The lowest BCUT2D eigenvalue weighted by molar-refractivity contribution is -0.141. The number of anilines is 1. The van der Waals surface area contributed by atoms with Crippen LogP contribution in [0.5, 0.6) is 0 Å². The van der Waals surface area contributed by atoms with E-state index in [0.29, 0.717) is 35.0 Å². The first-order valence-corrected chi connectivity index (χ1v) is 13.3. The second-order valence-corrected chi connectivity index (χ2v) is 10.4. The number of benzene rings is 3. The van der Waals surface area contributed by atoms with E-state index in [1.807, 2.05) is 63.2 Å². The average Bonchev–Trinajstić information content (AvgIpc) is 3.13. The predicted octanol–water partition coefficient (Wildman–Crippen LogP) is 6.22. The third kappa shape index (κ3) is 5.76. The summed E-state index contributed by atoms with van der Waals surface area (Å²) in [6.07, 6.45) is 1.13. The van der Waals surface area contributed by atoms with Gasteiger partial charge in [0.15, 0.2) is 0 Å². The molecule has 0 aromatic heterocycles. The highest BCUT2D eigenvalue weighted by molar-refractivity contribution is 6.42. The van der Waals surface area contributed by atoms with E-state index in [9.17, 15) is 14.4 Å². The van der Waals surface area contributed by atoms with E-state index in [-0.39, 0.29) is 36.7 Å². The van der Waals surface area contributed by atoms with E-state index in [1.165, 1.54) is 0 Å². The van der Waals surface area contributed by atoms with Crippen molar-refractivity contribution in [2.45, 2.75) is 58.7 Å². The van der Waals surface area contributed by atoms with Crippen molar-refractivity contribution in [3.05, 3.63) is 75.8 Å². The molecule has 6 nitrogen and oxygen atoms in total. The maximum absolute atomic E-state index is 13.5. The molecule has 37 heavy (non-hydrogen) atoms. The molecule has 3 aromatic carbocycles. The molecule has 0 aliphatic carbocycles. The molecular formula is C29H31Cl2N3O3. The van der Waals surface area contributed by atoms with Crippen molar-refractivity contribution in [3.8, 4) is 0 Å². The Labute approximate surface area is 227 Å². The van der Waals surface area contributed by atoms with Gasteiger partial charge in [0, 0.05) is 36.5 Å². The molecule has 194 valence electrons. The highest BCUT2D eigenvalue weighted by atomic mass is 35.5. The summed E-state index contributed by atoms with van der Waals surface area (Å²) >= 11 is 12.3. The predicted molar refractivity (Wildman–Crippen MR) is 149 cm³/mol. The van der Waals surface area contributed by atoms with E-state index < -0.39 is 6.04 Å². The summed E-state index contributed by atoms with van der Waals surface area (Å²) in [5.41, 5.74) is 2.36. The van der Waals surface area contributed by atoms with Gasteiger partial charge in [0.05, 0.1) is 15.7 Å². The normalized spacial score (nSPS) is 13.4. The molecule has 3 amide bonds. The molecule has 0 radical (unpaired) electrons. The van der Waals surface area contributed by atoms with Crippen molar-refractivity contribution >= 4 is 57.4 Å². The zero-order valence-electron chi connectivity index (χ0n) is 21.3. The van der Waals surface area contributed by atoms with Gasteiger partial charge in [0.2, 0.25) is 11.8 Å². The first-order valence-electron chi connectivity index (χ1n) is 12.6. The monoisotopic (exact) mass is 539 g/mol. The summed E-state index contributed by atoms with van der Waals surface area (Å²) < 4.78 is 0. The number of nitrogens with one attached hydrogen (secondary N) is 1. The smallest absolute Gasteiger partial charge is 0.258 e. The van der Waals surface area contributed by atoms with Gasteiger partial charge >= 0.3 is 0 Å².